The van der Waals surface area contributed by atoms with Gasteiger partial charge in [-0.05, 0) is 44.4 Å². The van der Waals surface area contributed by atoms with Crippen molar-refractivity contribution in [3.63, 3.8) is 0 Å². The van der Waals surface area contributed by atoms with Crippen molar-refractivity contribution in [2.45, 2.75) is 51.4 Å². The first-order valence-corrected chi connectivity index (χ1v) is 7.56. The first kappa shape index (κ1) is 15.5. The highest BCUT2D eigenvalue weighted by atomic mass is 16.4. The number of carboxylic acid groups (broad SMARTS) is 1. The standard InChI is InChI=1S/C17H23NO3/c1-17(2,16(20)21)13-8-10-14(11-9-13)18-15(19)12-6-4-3-5-7-12/h8-12H,3-7H2,1-2H3,(H,18,19)(H,20,21). The molecule has 1 amide bonds. The number of rotatable bonds is 4. The highest BCUT2D eigenvalue weighted by Gasteiger charge is 2.29. The Morgan fingerprint density at radius 3 is 2.19 bits per heavy atom. The molecule has 0 aromatic heterocycles. The minimum Gasteiger partial charge on any atom is -0.481 e. The van der Waals surface area contributed by atoms with E-state index in [-0.39, 0.29) is 11.8 Å². The average molecular weight is 289 g/mol. The summed E-state index contributed by atoms with van der Waals surface area (Å²) < 4.78 is 0. The Bertz CT molecular complexity index is 513. The molecule has 21 heavy (non-hydrogen) atoms. The Morgan fingerprint density at radius 2 is 1.67 bits per heavy atom. The van der Waals surface area contributed by atoms with Crippen molar-refractivity contribution in [1.29, 1.82) is 0 Å². The monoisotopic (exact) mass is 289 g/mol. The van der Waals surface area contributed by atoms with Crippen molar-refractivity contribution in [3.8, 4) is 0 Å². The number of carbonyl (C=O) groups excluding carboxylic acids is 1. The maximum atomic E-state index is 12.2. The number of nitrogens with one attached hydrogen (secondary N) is 1. The number of aliphatic carboxylic acids is 1. The number of carboxylic acids is 1. The number of amides is 1. The minimum absolute atomic E-state index is 0.0833. The van der Waals surface area contributed by atoms with Crippen LogP contribution in [-0.4, -0.2) is 17.0 Å². The van der Waals surface area contributed by atoms with Crippen LogP contribution in [0.15, 0.2) is 24.3 Å². The first-order chi connectivity index (χ1) is 9.91. The summed E-state index contributed by atoms with van der Waals surface area (Å²) in [4.78, 5) is 23.4. The van der Waals surface area contributed by atoms with Crippen LogP contribution in [0.3, 0.4) is 0 Å². The smallest absolute Gasteiger partial charge is 0.313 e. The summed E-state index contributed by atoms with van der Waals surface area (Å²) in [5, 5.41) is 12.1. The van der Waals surface area contributed by atoms with Gasteiger partial charge in [0.1, 0.15) is 0 Å². The van der Waals surface area contributed by atoms with Gasteiger partial charge >= 0.3 is 5.97 Å². The second-order valence-corrected chi connectivity index (χ2v) is 6.33. The molecule has 1 aliphatic carbocycles. The molecule has 4 nitrogen and oxygen atoms in total. The second-order valence-electron chi connectivity index (χ2n) is 6.33. The predicted molar refractivity (Wildman–Crippen MR) is 82.3 cm³/mol. The van der Waals surface area contributed by atoms with E-state index in [0.29, 0.717) is 0 Å². The Morgan fingerprint density at radius 1 is 1.10 bits per heavy atom. The van der Waals surface area contributed by atoms with E-state index in [1.165, 1.54) is 6.42 Å². The second kappa shape index (κ2) is 6.29. The third-order valence-corrected chi connectivity index (χ3v) is 4.38. The molecule has 2 rings (SSSR count). The van der Waals surface area contributed by atoms with Gasteiger partial charge in [0.2, 0.25) is 5.91 Å². The van der Waals surface area contributed by atoms with Gasteiger partial charge in [0.15, 0.2) is 0 Å². The molecular formula is C17H23NO3. The number of hydrogen-bond acceptors (Lipinski definition) is 2. The van der Waals surface area contributed by atoms with Gasteiger partial charge < -0.3 is 10.4 Å². The van der Waals surface area contributed by atoms with Gasteiger partial charge in [0.05, 0.1) is 5.41 Å². The molecule has 1 aromatic rings. The lowest BCUT2D eigenvalue weighted by Crippen LogP contribution is -2.28. The Kier molecular flexibility index (Phi) is 4.66. The van der Waals surface area contributed by atoms with Crippen LogP contribution in [-0.2, 0) is 15.0 Å². The summed E-state index contributed by atoms with van der Waals surface area (Å²) in [6.07, 6.45) is 5.42. The fraction of sp³-hybridized carbons (Fsp3) is 0.529. The predicted octanol–water partition coefficient (Wildman–Crippen LogP) is 3.57. The zero-order valence-electron chi connectivity index (χ0n) is 12.7. The van der Waals surface area contributed by atoms with Gasteiger partial charge in [-0.3, -0.25) is 9.59 Å². The molecule has 0 aliphatic heterocycles. The summed E-state index contributed by atoms with van der Waals surface area (Å²) >= 11 is 0. The number of benzene rings is 1. The molecule has 114 valence electrons. The van der Waals surface area contributed by atoms with E-state index in [0.717, 1.165) is 36.9 Å². The quantitative estimate of drug-likeness (QED) is 0.890. The average Bonchev–Trinajstić information content (AvgIpc) is 2.48. The van der Waals surface area contributed by atoms with Crippen molar-refractivity contribution < 1.29 is 14.7 Å². The fourth-order valence-electron chi connectivity index (χ4n) is 2.70. The van der Waals surface area contributed by atoms with Gasteiger partial charge in [0.25, 0.3) is 0 Å². The summed E-state index contributed by atoms with van der Waals surface area (Å²) in [7, 11) is 0. The van der Waals surface area contributed by atoms with E-state index in [4.69, 9.17) is 0 Å². The molecule has 0 heterocycles. The van der Waals surface area contributed by atoms with Crippen molar-refractivity contribution >= 4 is 17.6 Å². The molecule has 0 bridgehead atoms. The molecule has 1 saturated carbocycles. The third-order valence-electron chi connectivity index (χ3n) is 4.38. The molecule has 4 heteroatoms. The molecule has 0 radical (unpaired) electrons. The van der Waals surface area contributed by atoms with E-state index in [1.807, 2.05) is 0 Å². The molecule has 0 atom stereocenters. The molecule has 0 spiro atoms. The normalized spacial score (nSPS) is 16.5. The van der Waals surface area contributed by atoms with Gasteiger partial charge in [-0.25, -0.2) is 0 Å². The number of carbonyl (C=O) groups is 2. The lowest BCUT2D eigenvalue weighted by Gasteiger charge is -2.22. The molecule has 1 aromatic carbocycles. The van der Waals surface area contributed by atoms with Gasteiger partial charge in [-0.1, -0.05) is 31.4 Å². The maximum absolute atomic E-state index is 12.2. The van der Waals surface area contributed by atoms with Crippen LogP contribution in [0.5, 0.6) is 0 Å². The van der Waals surface area contributed by atoms with Crippen molar-refractivity contribution in [3.05, 3.63) is 29.8 Å². The first-order valence-electron chi connectivity index (χ1n) is 7.56. The summed E-state index contributed by atoms with van der Waals surface area (Å²) in [6.45, 7) is 3.34. The lowest BCUT2D eigenvalue weighted by molar-refractivity contribution is -0.142. The van der Waals surface area contributed by atoms with E-state index >= 15 is 0 Å². The van der Waals surface area contributed by atoms with Crippen LogP contribution in [0.2, 0.25) is 0 Å². The van der Waals surface area contributed by atoms with E-state index < -0.39 is 11.4 Å². The molecular weight excluding hydrogens is 266 g/mol. The van der Waals surface area contributed by atoms with E-state index in [2.05, 4.69) is 5.32 Å². The fourth-order valence-corrected chi connectivity index (χ4v) is 2.70. The van der Waals surface area contributed by atoms with Gasteiger partial charge in [-0.15, -0.1) is 0 Å². The van der Waals surface area contributed by atoms with Crippen LogP contribution >= 0.6 is 0 Å². The summed E-state index contributed by atoms with van der Waals surface area (Å²) in [6, 6.07) is 7.09. The molecule has 2 N–H and O–H groups in total. The highest BCUT2D eigenvalue weighted by molar-refractivity contribution is 5.92. The highest BCUT2D eigenvalue weighted by Crippen LogP contribution is 2.27. The van der Waals surface area contributed by atoms with Crippen LogP contribution < -0.4 is 5.32 Å². The molecule has 0 saturated heterocycles. The van der Waals surface area contributed by atoms with Crippen LogP contribution in [0.1, 0.15) is 51.5 Å². The zero-order chi connectivity index (χ0) is 15.5. The third kappa shape index (κ3) is 3.63. The molecule has 1 aliphatic rings. The zero-order valence-corrected chi connectivity index (χ0v) is 12.7. The lowest BCUT2D eigenvalue weighted by atomic mass is 9.85. The SMILES string of the molecule is CC(C)(C(=O)O)c1ccc(NC(=O)C2CCCCC2)cc1. The van der Waals surface area contributed by atoms with Crippen LogP contribution in [0, 0.1) is 5.92 Å². The van der Waals surface area contributed by atoms with E-state index in [9.17, 15) is 14.7 Å². The van der Waals surface area contributed by atoms with Crippen molar-refractivity contribution in [2.24, 2.45) is 5.92 Å². The van der Waals surface area contributed by atoms with E-state index in [1.54, 1.807) is 38.1 Å². The van der Waals surface area contributed by atoms with Gasteiger partial charge in [-0.2, -0.15) is 0 Å². The molecule has 1 fully saturated rings. The van der Waals surface area contributed by atoms with Crippen LogP contribution in [0.4, 0.5) is 5.69 Å². The van der Waals surface area contributed by atoms with Gasteiger partial charge in [0, 0.05) is 11.6 Å². The van der Waals surface area contributed by atoms with Crippen LogP contribution in [0.25, 0.3) is 0 Å². The Balaban J connectivity index is 2.02. The largest absolute Gasteiger partial charge is 0.481 e. The van der Waals surface area contributed by atoms with Crippen molar-refractivity contribution in [1.82, 2.24) is 0 Å². The van der Waals surface area contributed by atoms with Crippen molar-refractivity contribution in [2.75, 3.05) is 5.32 Å². The molecule has 0 unspecified atom stereocenters. The Hall–Kier alpha value is -1.84. The summed E-state index contributed by atoms with van der Waals surface area (Å²) in [5.41, 5.74) is 0.535. The topological polar surface area (TPSA) is 66.4 Å². The number of hydrogen-bond donors (Lipinski definition) is 2. The number of anilines is 1. The minimum atomic E-state index is -0.925. The Labute approximate surface area is 125 Å². The maximum Gasteiger partial charge on any atom is 0.313 e. The summed E-state index contributed by atoms with van der Waals surface area (Å²) in [5.74, 6) is -0.657.